The van der Waals surface area contributed by atoms with E-state index in [-0.39, 0.29) is 12.8 Å². The molecule has 0 spiro atoms. The van der Waals surface area contributed by atoms with Crippen LogP contribution in [-0.4, -0.2) is 64.9 Å². The molecule has 0 bridgehead atoms. The van der Waals surface area contributed by atoms with Gasteiger partial charge in [-0.05, 0) is 83.5 Å². The van der Waals surface area contributed by atoms with Crippen molar-refractivity contribution < 1.29 is 47.8 Å². The molecular formula is C50H80NO10P. The molecular weight excluding hydrogens is 806 g/mol. The number of ether oxygens (including phenoxy) is 1. The zero-order valence-corrected chi connectivity index (χ0v) is 38.8. The van der Waals surface area contributed by atoms with Crippen LogP contribution in [0.4, 0.5) is 0 Å². The summed E-state index contributed by atoms with van der Waals surface area (Å²) in [5.74, 6) is -2.57. The molecule has 0 rings (SSSR count). The molecule has 0 aromatic rings. The van der Waals surface area contributed by atoms with Gasteiger partial charge in [0.05, 0.1) is 13.2 Å². The van der Waals surface area contributed by atoms with Crippen molar-refractivity contribution in [1.82, 2.24) is 5.32 Å². The van der Waals surface area contributed by atoms with Crippen molar-refractivity contribution in [2.24, 2.45) is 0 Å². The van der Waals surface area contributed by atoms with Gasteiger partial charge in [-0.1, -0.05) is 168 Å². The van der Waals surface area contributed by atoms with Gasteiger partial charge in [0, 0.05) is 12.8 Å². The highest BCUT2D eigenvalue weighted by Crippen LogP contribution is 2.43. The number of nitrogens with one attached hydrogen (secondary N) is 1. The second-order valence-electron chi connectivity index (χ2n) is 14.9. The lowest BCUT2D eigenvalue weighted by Gasteiger charge is -2.18. The summed E-state index contributed by atoms with van der Waals surface area (Å²) >= 11 is 0. The van der Waals surface area contributed by atoms with E-state index in [1.165, 1.54) is 38.5 Å². The van der Waals surface area contributed by atoms with Crippen molar-refractivity contribution in [2.75, 3.05) is 19.8 Å². The van der Waals surface area contributed by atoms with Crippen molar-refractivity contribution in [3.05, 3.63) is 109 Å². The van der Waals surface area contributed by atoms with Crippen LogP contribution in [0.25, 0.3) is 0 Å². The molecule has 0 radical (unpaired) electrons. The van der Waals surface area contributed by atoms with Crippen molar-refractivity contribution >= 4 is 25.7 Å². The van der Waals surface area contributed by atoms with Crippen LogP contribution in [0.3, 0.4) is 0 Å². The molecule has 12 heteroatoms. The minimum Gasteiger partial charge on any atom is -0.480 e. The number of carboxylic acids is 1. The SMILES string of the molecule is CC/C=C\C/C=C\C/C=C\C/C=C\C/C=C\C/C=C\C/C=C\CC(=O)NC(COP(=O)(O)OCC(O)COC(=O)CCCCCCCCC/C=C\C/C=C\CCCCC)C(=O)O. The number of allylic oxidation sites excluding steroid dienone is 17. The summed E-state index contributed by atoms with van der Waals surface area (Å²) in [7, 11) is -4.79. The molecule has 3 atom stereocenters. The minimum atomic E-state index is -4.79. The topological polar surface area (TPSA) is 169 Å². The predicted octanol–water partition coefficient (Wildman–Crippen LogP) is 12.2. The van der Waals surface area contributed by atoms with Crippen LogP contribution in [0, 0.1) is 0 Å². The van der Waals surface area contributed by atoms with Crippen molar-refractivity contribution in [1.29, 1.82) is 0 Å². The lowest BCUT2D eigenvalue weighted by atomic mass is 10.1. The number of carbonyl (C=O) groups is 3. The number of aliphatic carboxylic acids is 1. The molecule has 1 amide bonds. The number of amides is 1. The highest BCUT2D eigenvalue weighted by atomic mass is 31.2. The van der Waals surface area contributed by atoms with Gasteiger partial charge in [0.1, 0.15) is 12.7 Å². The molecule has 350 valence electrons. The summed E-state index contributed by atoms with van der Waals surface area (Å²) < 4.78 is 26.8. The molecule has 0 saturated heterocycles. The second-order valence-corrected chi connectivity index (χ2v) is 16.3. The highest BCUT2D eigenvalue weighted by molar-refractivity contribution is 7.47. The Morgan fingerprint density at radius 2 is 0.968 bits per heavy atom. The Morgan fingerprint density at radius 3 is 1.45 bits per heavy atom. The van der Waals surface area contributed by atoms with E-state index in [4.69, 9.17) is 13.8 Å². The minimum absolute atomic E-state index is 0.0964. The average Bonchev–Trinajstić information content (AvgIpc) is 3.25. The summed E-state index contributed by atoms with van der Waals surface area (Å²) in [6.45, 7) is 2.36. The molecule has 0 aliphatic heterocycles. The third kappa shape index (κ3) is 42.8. The van der Waals surface area contributed by atoms with E-state index < -0.39 is 57.6 Å². The molecule has 0 aliphatic rings. The number of hydrogen-bond acceptors (Lipinski definition) is 8. The zero-order chi connectivity index (χ0) is 45.6. The number of esters is 1. The number of rotatable bonds is 41. The van der Waals surface area contributed by atoms with Crippen LogP contribution < -0.4 is 5.32 Å². The highest BCUT2D eigenvalue weighted by Gasteiger charge is 2.28. The lowest BCUT2D eigenvalue weighted by Crippen LogP contribution is -2.43. The molecule has 0 aliphatic carbocycles. The summed E-state index contributed by atoms with van der Waals surface area (Å²) in [4.78, 5) is 45.9. The fourth-order valence-electron chi connectivity index (χ4n) is 5.54. The van der Waals surface area contributed by atoms with Gasteiger partial charge in [0.2, 0.25) is 5.91 Å². The summed E-state index contributed by atoms with van der Waals surface area (Å²) in [5, 5.41) is 21.8. The largest absolute Gasteiger partial charge is 0.480 e. The molecule has 0 aromatic heterocycles. The Hall–Kier alpha value is -3.86. The Balaban J connectivity index is 4.05. The van der Waals surface area contributed by atoms with E-state index >= 15 is 0 Å². The van der Waals surface area contributed by atoms with Crippen LogP contribution in [0.5, 0.6) is 0 Å². The average molecular weight is 886 g/mol. The molecule has 62 heavy (non-hydrogen) atoms. The van der Waals surface area contributed by atoms with Crippen LogP contribution >= 0.6 is 7.82 Å². The number of carboxylic acid groups (broad SMARTS) is 1. The molecule has 0 fully saturated rings. The first-order valence-corrected chi connectivity index (χ1v) is 24.4. The van der Waals surface area contributed by atoms with E-state index in [9.17, 15) is 34.1 Å². The maximum atomic E-state index is 12.3. The summed E-state index contributed by atoms with van der Waals surface area (Å²) in [5.41, 5.74) is 0. The van der Waals surface area contributed by atoms with Gasteiger partial charge < -0.3 is 25.2 Å². The quantitative estimate of drug-likeness (QED) is 0.0201. The van der Waals surface area contributed by atoms with Crippen LogP contribution in [0.2, 0.25) is 0 Å². The number of aliphatic hydroxyl groups is 1. The van der Waals surface area contributed by atoms with Gasteiger partial charge >= 0.3 is 19.8 Å². The Labute approximate surface area is 374 Å². The summed E-state index contributed by atoms with van der Waals surface area (Å²) in [6.07, 6.45) is 57.1. The number of hydrogen-bond donors (Lipinski definition) is 4. The zero-order valence-electron chi connectivity index (χ0n) is 37.9. The van der Waals surface area contributed by atoms with E-state index in [1.54, 1.807) is 12.2 Å². The van der Waals surface area contributed by atoms with Crippen LogP contribution in [-0.2, 0) is 32.7 Å². The van der Waals surface area contributed by atoms with Gasteiger partial charge in [-0.3, -0.25) is 18.6 Å². The van der Waals surface area contributed by atoms with E-state index in [2.05, 4.69) is 104 Å². The number of unbranched alkanes of at least 4 members (excludes halogenated alkanes) is 10. The normalized spacial score (nSPS) is 14.6. The van der Waals surface area contributed by atoms with Crippen LogP contribution in [0.1, 0.15) is 155 Å². The molecule has 0 heterocycles. The summed E-state index contributed by atoms with van der Waals surface area (Å²) in [6, 6.07) is -1.61. The first kappa shape index (κ1) is 58.1. The maximum absolute atomic E-state index is 12.3. The first-order chi connectivity index (χ1) is 30.1. The number of phosphoric ester groups is 1. The van der Waals surface area contributed by atoms with Crippen molar-refractivity contribution in [2.45, 2.75) is 167 Å². The molecule has 4 N–H and O–H groups in total. The van der Waals surface area contributed by atoms with Gasteiger partial charge in [0.25, 0.3) is 0 Å². The first-order valence-electron chi connectivity index (χ1n) is 22.9. The monoisotopic (exact) mass is 886 g/mol. The van der Waals surface area contributed by atoms with E-state index in [0.717, 1.165) is 77.0 Å². The fourth-order valence-corrected chi connectivity index (χ4v) is 6.31. The van der Waals surface area contributed by atoms with E-state index in [1.807, 2.05) is 12.2 Å². The smallest absolute Gasteiger partial charge is 0.472 e. The third-order valence-electron chi connectivity index (χ3n) is 9.07. The lowest BCUT2D eigenvalue weighted by molar-refractivity contribution is -0.147. The number of aliphatic hydroxyl groups excluding tert-OH is 1. The maximum Gasteiger partial charge on any atom is 0.472 e. The van der Waals surface area contributed by atoms with Gasteiger partial charge in [-0.15, -0.1) is 0 Å². The number of phosphoric acid groups is 1. The molecule has 3 unspecified atom stereocenters. The fraction of sp³-hybridized carbons (Fsp3) is 0.580. The predicted molar refractivity (Wildman–Crippen MR) is 253 cm³/mol. The van der Waals surface area contributed by atoms with Crippen molar-refractivity contribution in [3.8, 4) is 0 Å². The molecule has 0 saturated carbocycles. The van der Waals surface area contributed by atoms with E-state index in [0.29, 0.717) is 12.8 Å². The van der Waals surface area contributed by atoms with Gasteiger partial charge in [0.15, 0.2) is 6.04 Å². The third-order valence-corrected chi connectivity index (χ3v) is 10.0. The molecule has 0 aromatic carbocycles. The standard InChI is InChI=1S/C50H80NO10P/c1-3-5-7-9-11-13-15-17-19-21-22-23-24-26-27-29-31-33-35-37-39-41-48(53)51-47(50(55)56)45-61-62(57,58)60-44-46(52)43-59-49(54)42-40-38-36-34-32-30-28-25-20-18-16-14-12-10-8-6-4-2/h5,7,11-14,17-20,22-23,26-27,31,33,37,39,46-47,52H,3-4,6,8-10,15-16,21,24-25,28-30,32,34-36,38,40-45H2,1-2H3,(H,51,53)(H,55,56)(H,57,58)/b7-5-,13-11-,14-12-,19-17-,20-18-,23-22-,27-26-,33-31-,39-37-. The Bertz CT molecular complexity index is 1460. The van der Waals surface area contributed by atoms with Crippen molar-refractivity contribution in [3.63, 3.8) is 0 Å². The van der Waals surface area contributed by atoms with Crippen LogP contribution in [0.15, 0.2) is 109 Å². The Morgan fingerprint density at radius 1 is 0.548 bits per heavy atom. The number of carbonyl (C=O) groups excluding carboxylic acids is 2. The second kappa shape index (κ2) is 43.8. The van der Waals surface area contributed by atoms with Gasteiger partial charge in [-0.2, -0.15) is 0 Å². The Kier molecular flexibility index (Phi) is 41.0. The van der Waals surface area contributed by atoms with Gasteiger partial charge in [-0.25, -0.2) is 9.36 Å². The molecule has 11 nitrogen and oxygen atoms in total.